The summed E-state index contributed by atoms with van der Waals surface area (Å²) in [7, 11) is -1.80. The van der Waals surface area contributed by atoms with Crippen LogP contribution in [0, 0.1) is 5.82 Å². The summed E-state index contributed by atoms with van der Waals surface area (Å²) in [5, 5.41) is -0.613. The Morgan fingerprint density at radius 3 is 2.56 bits per heavy atom. The molecule has 0 saturated carbocycles. The third-order valence-electron chi connectivity index (χ3n) is 7.15. The van der Waals surface area contributed by atoms with Crippen molar-refractivity contribution in [2.24, 2.45) is 5.73 Å². The number of carbonyl (C=O) groups is 1. The Kier molecular flexibility index (Phi) is 7.37. The molecule has 2 aromatic carbocycles. The highest BCUT2D eigenvalue weighted by atomic mass is 32.2. The number of hydrogen-bond donors (Lipinski definition) is 1. The maximum atomic E-state index is 15.4. The van der Waals surface area contributed by atoms with Gasteiger partial charge in [0.05, 0.1) is 12.1 Å². The Bertz CT molecular complexity index is 1120. The third-order valence-corrected chi connectivity index (χ3v) is 9.40. The molecule has 0 aliphatic carbocycles. The fourth-order valence-electron chi connectivity index (χ4n) is 5.22. The SMILES string of the molecule is CN(CC(N)=O)C1(c2ccc(CN3CCC[C@H](c4ccccc4)S3(=O)=O)c(F)c2)CCOCC1. The van der Waals surface area contributed by atoms with Crippen LogP contribution < -0.4 is 5.73 Å². The van der Waals surface area contributed by atoms with Gasteiger partial charge >= 0.3 is 0 Å². The Labute approximate surface area is 200 Å². The van der Waals surface area contributed by atoms with Crippen molar-refractivity contribution in [2.45, 2.75) is 43.0 Å². The molecule has 2 aliphatic rings. The highest BCUT2D eigenvalue weighted by molar-refractivity contribution is 7.89. The molecule has 0 unspecified atom stereocenters. The molecule has 2 N–H and O–H groups in total. The first-order chi connectivity index (χ1) is 16.2. The number of likely N-dealkylation sites (N-methyl/N-ethyl adjacent to an activating group) is 1. The predicted molar refractivity (Wildman–Crippen MR) is 128 cm³/mol. The molecule has 0 spiro atoms. The molecule has 4 rings (SSSR count). The number of hydrogen-bond acceptors (Lipinski definition) is 5. The third kappa shape index (κ3) is 4.88. The highest BCUT2D eigenvalue weighted by Crippen LogP contribution is 2.39. The molecule has 184 valence electrons. The average molecular weight is 490 g/mol. The Balaban J connectivity index is 1.59. The summed E-state index contributed by atoms with van der Waals surface area (Å²) in [5.41, 5.74) is 6.70. The summed E-state index contributed by atoms with van der Waals surface area (Å²) in [5.74, 6) is -0.901. The van der Waals surface area contributed by atoms with E-state index in [9.17, 15) is 13.2 Å². The molecule has 9 heteroatoms. The topological polar surface area (TPSA) is 92.9 Å². The number of nitrogens with zero attached hydrogens (tertiary/aromatic N) is 2. The minimum absolute atomic E-state index is 0.00891. The average Bonchev–Trinajstić information content (AvgIpc) is 2.82. The van der Waals surface area contributed by atoms with Crippen LogP contribution in [0.5, 0.6) is 0 Å². The zero-order valence-corrected chi connectivity index (χ0v) is 20.3. The fourth-order valence-corrected chi connectivity index (χ4v) is 7.25. The van der Waals surface area contributed by atoms with Crippen molar-refractivity contribution in [3.05, 3.63) is 71.0 Å². The number of carbonyl (C=O) groups excluding carboxylic acids is 1. The number of amides is 1. The molecule has 7 nitrogen and oxygen atoms in total. The maximum Gasteiger partial charge on any atom is 0.231 e. The molecule has 2 fully saturated rings. The van der Waals surface area contributed by atoms with Gasteiger partial charge in [0.15, 0.2) is 0 Å². The molecule has 0 aromatic heterocycles. The minimum atomic E-state index is -3.61. The van der Waals surface area contributed by atoms with Crippen molar-refractivity contribution >= 4 is 15.9 Å². The van der Waals surface area contributed by atoms with Gasteiger partial charge in [-0.1, -0.05) is 42.5 Å². The van der Waals surface area contributed by atoms with Crippen LogP contribution in [0.1, 0.15) is 47.6 Å². The Hall–Kier alpha value is -2.33. The van der Waals surface area contributed by atoms with Crippen LogP contribution in [0.4, 0.5) is 4.39 Å². The number of ether oxygens (including phenoxy) is 1. The lowest BCUT2D eigenvalue weighted by molar-refractivity contribution is -0.121. The molecule has 0 bridgehead atoms. The molecular weight excluding hydrogens is 457 g/mol. The van der Waals surface area contributed by atoms with Crippen molar-refractivity contribution in [3.8, 4) is 0 Å². The molecule has 2 aromatic rings. The van der Waals surface area contributed by atoms with E-state index >= 15 is 4.39 Å². The summed E-state index contributed by atoms with van der Waals surface area (Å²) in [6.45, 7) is 1.41. The van der Waals surface area contributed by atoms with Gasteiger partial charge in [-0.05, 0) is 49.9 Å². The quantitative estimate of drug-likeness (QED) is 0.646. The largest absolute Gasteiger partial charge is 0.381 e. The van der Waals surface area contributed by atoms with Gasteiger partial charge in [0.2, 0.25) is 15.9 Å². The first-order valence-electron chi connectivity index (χ1n) is 11.6. The number of nitrogens with two attached hydrogens (primary N) is 1. The summed E-state index contributed by atoms with van der Waals surface area (Å²) in [6, 6.07) is 14.2. The van der Waals surface area contributed by atoms with Gasteiger partial charge in [-0.25, -0.2) is 12.8 Å². The van der Waals surface area contributed by atoms with Crippen molar-refractivity contribution in [1.29, 1.82) is 0 Å². The van der Waals surface area contributed by atoms with Crippen LogP contribution >= 0.6 is 0 Å². The van der Waals surface area contributed by atoms with E-state index in [1.165, 1.54) is 10.4 Å². The van der Waals surface area contributed by atoms with Crippen LogP contribution in [0.25, 0.3) is 0 Å². The Morgan fingerprint density at radius 2 is 1.91 bits per heavy atom. The van der Waals surface area contributed by atoms with Crippen LogP contribution in [0.15, 0.2) is 48.5 Å². The molecule has 34 heavy (non-hydrogen) atoms. The summed E-state index contributed by atoms with van der Waals surface area (Å²) >= 11 is 0. The van der Waals surface area contributed by atoms with Gasteiger partial charge in [-0.15, -0.1) is 0 Å². The normalized spacial score (nSPS) is 22.5. The summed E-state index contributed by atoms with van der Waals surface area (Å²) in [6.07, 6.45) is 2.49. The van der Waals surface area contributed by atoms with E-state index in [1.807, 2.05) is 48.3 Å². The van der Waals surface area contributed by atoms with Gasteiger partial charge in [0.1, 0.15) is 11.1 Å². The van der Waals surface area contributed by atoms with Crippen LogP contribution in [0.2, 0.25) is 0 Å². The molecule has 1 atom stereocenters. The first kappa shape index (κ1) is 24.8. The van der Waals surface area contributed by atoms with E-state index in [2.05, 4.69) is 0 Å². The van der Waals surface area contributed by atoms with E-state index in [0.717, 1.165) is 17.5 Å². The van der Waals surface area contributed by atoms with Gasteiger partial charge in [-0.3, -0.25) is 9.69 Å². The molecule has 1 amide bonds. The zero-order chi connectivity index (χ0) is 24.3. The highest BCUT2D eigenvalue weighted by Gasteiger charge is 2.40. The molecule has 2 aliphatic heterocycles. The number of sulfonamides is 1. The second kappa shape index (κ2) is 10.1. The van der Waals surface area contributed by atoms with E-state index in [-0.39, 0.29) is 13.1 Å². The standard InChI is InChI=1S/C25H32FN3O4S/c1-28(18-24(27)30)25(11-14-33-15-12-25)21-10-9-20(22(26)16-21)17-29-13-5-8-23(34(29,31)32)19-6-3-2-4-7-19/h2-4,6-7,9-10,16,23H,5,8,11-15,17-18H2,1H3,(H2,27,30)/t23-/m1/s1. The lowest BCUT2D eigenvalue weighted by atomic mass is 9.80. The smallest absolute Gasteiger partial charge is 0.231 e. The van der Waals surface area contributed by atoms with Crippen molar-refractivity contribution in [2.75, 3.05) is 33.4 Å². The summed E-state index contributed by atoms with van der Waals surface area (Å²) in [4.78, 5) is 13.4. The van der Waals surface area contributed by atoms with Gasteiger partial charge in [0, 0.05) is 31.9 Å². The molecule has 2 saturated heterocycles. The van der Waals surface area contributed by atoms with E-state index in [0.29, 0.717) is 44.6 Å². The second-order valence-electron chi connectivity index (χ2n) is 9.19. The fraction of sp³-hybridized carbons (Fsp3) is 0.480. The molecular formula is C25H32FN3O4S. The number of halogens is 1. The second-order valence-corrected chi connectivity index (χ2v) is 11.3. The first-order valence-corrected chi connectivity index (χ1v) is 13.1. The Morgan fingerprint density at radius 1 is 1.21 bits per heavy atom. The monoisotopic (exact) mass is 489 g/mol. The van der Waals surface area contributed by atoms with Crippen LogP contribution in [-0.4, -0.2) is 56.9 Å². The predicted octanol–water partition coefficient (Wildman–Crippen LogP) is 2.92. The van der Waals surface area contributed by atoms with Crippen molar-refractivity contribution < 1.29 is 22.3 Å². The lowest BCUT2D eigenvalue weighted by Crippen LogP contribution is -2.50. The van der Waals surface area contributed by atoms with E-state index in [1.54, 1.807) is 6.07 Å². The van der Waals surface area contributed by atoms with E-state index < -0.39 is 32.5 Å². The number of primary amides is 1. The van der Waals surface area contributed by atoms with Crippen molar-refractivity contribution in [1.82, 2.24) is 9.21 Å². The van der Waals surface area contributed by atoms with Gasteiger partial charge in [0.25, 0.3) is 0 Å². The maximum absolute atomic E-state index is 15.4. The minimum Gasteiger partial charge on any atom is -0.381 e. The number of rotatable bonds is 7. The summed E-state index contributed by atoms with van der Waals surface area (Å²) < 4.78 is 48.9. The lowest BCUT2D eigenvalue weighted by Gasteiger charge is -2.44. The number of benzene rings is 2. The van der Waals surface area contributed by atoms with Crippen LogP contribution in [0.3, 0.4) is 0 Å². The van der Waals surface area contributed by atoms with E-state index in [4.69, 9.17) is 10.5 Å². The zero-order valence-electron chi connectivity index (χ0n) is 19.5. The van der Waals surface area contributed by atoms with Gasteiger partial charge < -0.3 is 10.5 Å². The van der Waals surface area contributed by atoms with Gasteiger partial charge in [-0.2, -0.15) is 4.31 Å². The van der Waals surface area contributed by atoms with Crippen LogP contribution in [-0.2, 0) is 31.6 Å². The van der Waals surface area contributed by atoms with Crippen molar-refractivity contribution in [3.63, 3.8) is 0 Å². The molecule has 2 heterocycles. The molecule has 0 radical (unpaired) electrons.